The average molecular weight is 428 g/mol. The van der Waals surface area contributed by atoms with Crippen LogP contribution in [0.4, 0.5) is 4.39 Å². The number of methoxy groups -OCH3 is 1. The summed E-state index contributed by atoms with van der Waals surface area (Å²) in [5.41, 5.74) is 2.00. The Bertz CT molecular complexity index is 970. The van der Waals surface area contributed by atoms with Crippen LogP contribution in [0.3, 0.4) is 0 Å². The molecule has 1 aliphatic heterocycles. The summed E-state index contributed by atoms with van der Waals surface area (Å²) in [5.74, 6) is 2.27. The maximum absolute atomic E-state index is 13.6. The SMILES string of the molecule is COc1ccccc1CSc1nnc([C@@H](C)[NH+]2CCCCC2)n1-c1ccc(F)cc1. The van der Waals surface area contributed by atoms with Crippen LogP contribution in [0.2, 0.25) is 0 Å². The Hall–Kier alpha value is -2.38. The van der Waals surface area contributed by atoms with E-state index in [2.05, 4.69) is 27.8 Å². The molecule has 3 aromatic rings. The minimum atomic E-state index is -0.244. The number of rotatable bonds is 7. The summed E-state index contributed by atoms with van der Waals surface area (Å²) < 4.78 is 21.1. The van der Waals surface area contributed by atoms with Crippen LogP contribution in [-0.4, -0.2) is 35.0 Å². The van der Waals surface area contributed by atoms with Gasteiger partial charge in [-0.15, -0.1) is 10.2 Å². The van der Waals surface area contributed by atoms with E-state index in [0.29, 0.717) is 5.75 Å². The van der Waals surface area contributed by atoms with Gasteiger partial charge in [-0.2, -0.15) is 0 Å². The first-order valence-corrected chi connectivity index (χ1v) is 11.5. The molecule has 1 aliphatic rings. The predicted octanol–water partition coefficient (Wildman–Crippen LogP) is 3.84. The highest BCUT2D eigenvalue weighted by atomic mass is 32.2. The van der Waals surface area contributed by atoms with Crippen LogP contribution in [-0.2, 0) is 5.75 Å². The molecule has 0 unspecified atom stereocenters. The molecule has 0 saturated carbocycles. The Kier molecular flexibility index (Phi) is 6.69. The van der Waals surface area contributed by atoms with Crippen molar-refractivity contribution in [3.8, 4) is 11.4 Å². The number of para-hydroxylation sites is 1. The zero-order chi connectivity index (χ0) is 20.9. The van der Waals surface area contributed by atoms with Gasteiger partial charge in [0.1, 0.15) is 17.6 Å². The van der Waals surface area contributed by atoms with Crippen molar-refractivity contribution < 1.29 is 14.0 Å². The molecule has 1 fully saturated rings. The molecule has 30 heavy (non-hydrogen) atoms. The summed E-state index contributed by atoms with van der Waals surface area (Å²) in [6.45, 7) is 4.53. The van der Waals surface area contributed by atoms with Gasteiger partial charge in [-0.25, -0.2) is 4.39 Å². The van der Waals surface area contributed by atoms with E-state index in [9.17, 15) is 4.39 Å². The second-order valence-corrected chi connectivity index (χ2v) is 8.64. The Morgan fingerprint density at radius 2 is 1.80 bits per heavy atom. The molecule has 158 valence electrons. The van der Waals surface area contributed by atoms with Gasteiger partial charge in [-0.05, 0) is 56.5 Å². The first-order valence-electron chi connectivity index (χ1n) is 10.5. The predicted molar refractivity (Wildman–Crippen MR) is 117 cm³/mol. The largest absolute Gasteiger partial charge is 0.496 e. The normalized spacial score (nSPS) is 15.8. The van der Waals surface area contributed by atoms with E-state index in [0.717, 1.165) is 41.1 Å². The van der Waals surface area contributed by atoms with E-state index < -0.39 is 0 Å². The van der Waals surface area contributed by atoms with E-state index in [1.165, 1.54) is 31.4 Å². The van der Waals surface area contributed by atoms with Crippen molar-refractivity contribution in [3.05, 3.63) is 65.7 Å². The molecule has 1 aromatic heterocycles. The van der Waals surface area contributed by atoms with Gasteiger partial charge >= 0.3 is 0 Å². The second-order valence-electron chi connectivity index (χ2n) is 7.69. The Labute approximate surface area is 181 Å². The van der Waals surface area contributed by atoms with Gasteiger partial charge in [0.25, 0.3) is 0 Å². The van der Waals surface area contributed by atoms with Gasteiger partial charge in [0, 0.05) is 17.0 Å². The Balaban J connectivity index is 1.66. The maximum atomic E-state index is 13.6. The summed E-state index contributed by atoms with van der Waals surface area (Å²) in [7, 11) is 1.69. The van der Waals surface area contributed by atoms with E-state index in [-0.39, 0.29) is 11.9 Å². The zero-order valence-electron chi connectivity index (χ0n) is 17.5. The van der Waals surface area contributed by atoms with Crippen LogP contribution >= 0.6 is 11.8 Å². The third-order valence-electron chi connectivity index (χ3n) is 5.79. The lowest BCUT2D eigenvalue weighted by atomic mass is 10.1. The summed E-state index contributed by atoms with van der Waals surface area (Å²) in [6, 6.07) is 14.8. The number of likely N-dealkylation sites (tertiary alicyclic amines) is 1. The first kappa shape index (κ1) is 20.9. The number of nitrogens with one attached hydrogen (secondary N) is 1. The number of halogens is 1. The van der Waals surface area contributed by atoms with Crippen molar-refractivity contribution in [2.75, 3.05) is 20.2 Å². The minimum absolute atomic E-state index is 0.225. The molecule has 0 amide bonds. The lowest BCUT2D eigenvalue weighted by Gasteiger charge is -2.29. The second kappa shape index (κ2) is 9.62. The number of hydrogen-bond donors (Lipinski definition) is 1. The average Bonchev–Trinajstić information content (AvgIpc) is 3.22. The number of hydrogen-bond acceptors (Lipinski definition) is 4. The van der Waals surface area contributed by atoms with Crippen LogP contribution in [0.5, 0.6) is 5.75 Å². The zero-order valence-corrected chi connectivity index (χ0v) is 18.3. The number of nitrogens with zero attached hydrogens (tertiary/aromatic N) is 3. The number of aromatic nitrogens is 3. The van der Waals surface area contributed by atoms with E-state index in [1.807, 2.05) is 18.2 Å². The Morgan fingerprint density at radius 3 is 2.53 bits per heavy atom. The summed E-state index contributed by atoms with van der Waals surface area (Å²) >= 11 is 1.62. The molecule has 7 heteroatoms. The monoisotopic (exact) mass is 427 g/mol. The molecular formula is C23H28FN4OS+. The fourth-order valence-electron chi connectivity index (χ4n) is 4.07. The number of thioether (sulfide) groups is 1. The van der Waals surface area contributed by atoms with E-state index in [4.69, 9.17) is 4.74 Å². The summed E-state index contributed by atoms with van der Waals surface area (Å²) in [4.78, 5) is 1.54. The molecular weight excluding hydrogens is 399 g/mol. The lowest BCUT2D eigenvalue weighted by molar-refractivity contribution is -0.935. The van der Waals surface area contributed by atoms with Crippen LogP contribution in [0.1, 0.15) is 43.6 Å². The van der Waals surface area contributed by atoms with Crippen LogP contribution in [0, 0.1) is 5.82 Å². The highest BCUT2D eigenvalue weighted by molar-refractivity contribution is 7.98. The highest BCUT2D eigenvalue weighted by Crippen LogP contribution is 2.30. The van der Waals surface area contributed by atoms with Gasteiger partial charge in [0.15, 0.2) is 11.0 Å². The third-order valence-corrected chi connectivity index (χ3v) is 6.77. The molecule has 0 radical (unpaired) electrons. The van der Waals surface area contributed by atoms with Crippen LogP contribution in [0.15, 0.2) is 53.7 Å². The van der Waals surface area contributed by atoms with Crippen molar-refractivity contribution in [1.82, 2.24) is 14.8 Å². The molecule has 1 atom stereocenters. The molecule has 0 spiro atoms. The van der Waals surface area contributed by atoms with Crippen molar-refractivity contribution in [1.29, 1.82) is 0 Å². The molecule has 0 bridgehead atoms. The fourth-order valence-corrected chi connectivity index (χ4v) is 5.02. The molecule has 2 aromatic carbocycles. The highest BCUT2D eigenvalue weighted by Gasteiger charge is 2.28. The Morgan fingerprint density at radius 1 is 1.07 bits per heavy atom. The topological polar surface area (TPSA) is 44.4 Å². The first-order chi connectivity index (χ1) is 14.7. The lowest BCUT2D eigenvalue weighted by Crippen LogP contribution is -3.12. The smallest absolute Gasteiger partial charge is 0.196 e. The molecule has 2 heterocycles. The van der Waals surface area contributed by atoms with Crippen molar-refractivity contribution in [3.63, 3.8) is 0 Å². The molecule has 5 nitrogen and oxygen atoms in total. The summed E-state index contributed by atoms with van der Waals surface area (Å²) in [5, 5.41) is 9.93. The van der Waals surface area contributed by atoms with Gasteiger partial charge in [-0.3, -0.25) is 4.57 Å². The maximum Gasteiger partial charge on any atom is 0.196 e. The van der Waals surface area contributed by atoms with Crippen molar-refractivity contribution >= 4 is 11.8 Å². The molecule has 1 saturated heterocycles. The number of ether oxygens (including phenoxy) is 1. The number of benzene rings is 2. The van der Waals surface area contributed by atoms with E-state index >= 15 is 0 Å². The molecule has 4 rings (SSSR count). The fraction of sp³-hybridized carbons (Fsp3) is 0.391. The molecule has 0 aliphatic carbocycles. The van der Waals surface area contributed by atoms with Crippen molar-refractivity contribution in [2.24, 2.45) is 0 Å². The number of quaternary nitrogens is 1. The van der Waals surface area contributed by atoms with Crippen LogP contribution < -0.4 is 9.64 Å². The van der Waals surface area contributed by atoms with Gasteiger partial charge in [0.05, 0.1) is 20.2 Å². The van der Waals surface area contributed by atoms with Gasteiger partial charge in [-0.1, -0.05) is 30.0 Å². The van der Waals surface area contributed by atoms with E-state index in [1.54, 1.807) is 35.9 Å². The van der Waals surface area contributed by atoms with Gasteiger partial charge < -0.3 is 9.64 Å². The molecule has 1 N–H and O–H groups in total. The van der Waals surface area contributed by atoms with Crippen molar-refractivity contribution in [2.45, 2.75) is 43.1 Å². The third kappa shape index (κ3) is 4.52. The number of piperidine rings is 1. The quantitative estimate of drug-likeness (QED) is 0.582. The standard InChI is InChI=1S/C23H27FN4OS/c1-17(27-14-6-3-7-15-27)22-25-26-23(28(22)20-12-10-19(24)11-13-20)30-16-18-8-4-5-9-21(18)29-2/h4-5,8-13,17H,3,6-7,14-16H2,1-2H3/p+1/t17-/m1/s1. The summed E-state index contributed by atoms with van der Waals surface area (Å²) in [6.07, 6.45) is 3.81. The van der Waals surface area contributed by atoms with Gasteiger partial charge in [0.2, 0.25) is 0 Å². The minimum Gasteiger partial charge on any atom is -0.496 e. The van der Waals surface area contributed by atoms with Crippen LogP contribution in [0.25, 0.3) is 5.69 Å².